The van der Waals surface area contributed by atoms with Gasteiger partial charge in [-0.15, -0.1) is 0 Å². The fourth-order valence-corrected chi connectivity index (χ4v) is 3.22. The molecule has 1 N–H and O–H groups in total. The molecule has 1 saturated carbocycles. The summed E-state index contributed by atoms with van der Waals surface area (Å²) in [6.45, 7) is 2.07. The zero-order chi connectivity index (χ0) is 12.8. The molecule has 1 aliphatic heterocycles. The van der Waals surface area contributed by atoms with E-state index in [1.807, 2.05) is 24.3 Å². The van der Waals surface area contributed by atoms with Crippen molar-refractivity contribution in [2.75, 3.05) is 0 Å². The van der Waals surface area contributed by atoms with E-state index in [-0.39, 0.29) is 11.7 Å². The Kier molecular flexibility index (Phi) is 2.93. The van der Waals surface area contributed by atoms with Gasteiger partial charge in [-0.2, -0.15) is 5.06 Å². The first-order valence-corrected chi connectivity index (χ1v) is 6.80. The lowest BCUT2D eigenvalue weighted by molar-refractivity contribution is -0.168. The van der Waals surface area contributed by atoms with Crippen molar-refractivity contribution in [3.05, 3.63) is 34.9 Å². The summed E-state index contributed by atoms with van der Waals surface area (Å²) in [6, 6.07) is 7.60. The average Bonchev–Trinajstić information content (AvgIpc) is 2.63. The lowest BCUT2D eigenvalue weighted by atomic mass is 9.82. The minimum Gasteiger partial charge on any atom is -0.311 e. The molecule has 0 saturated heterocycles. The Hall–Kier alpha value is -0.900. The van der Waals surface area contributed by atoms with Crippen molar-refractivity contribution in [2.45, 2.75) is 44.3 Å². The topological polar surface area (TPSA) is 35.8 Å². The van der Waals surface area contributed by atoms with Crippen LogP contribution in [0.1, 0.15) is 44.3 Å². The molecule has 0 amide bonds. The van der Waals surface area contributed by atoms with Gasteiger partial charge < -0.3 is 5.21 Å². The molecule has 0 radical (unpaired) electrons. The smallest absolute Gasteiger partial charge is 0.152 e. The third-order valence-electron chi connectivity index (χ3n) is 4.15. The summed E-state index contributed by atoms with van der Waals surface area (Å²) in [5.74, 6) is 0. The van der Waals surface area contributed by atoms with E-state index in [0.717, 1.165) is 37.0 Å². The van der Waals surface area contributed by atoms with Gasteiger partial charge in [-0.3, -0.25) is 4.99 Å². The van der Waals surface area contributed by atoms with E-state index in [1.54, 1.807) is 0 Å². The Morgan fingerprint density at radius 2 is 2.17 bits per heavy atom. The largest absolute Gasteiger partial charge is 0.311 e. The molecule has 3 rings (SSSR count). The number of benzene rings is 1. The predicted molar refractivity (Wildman–Crippen MR) is 72.1 cm³/mol. The highest BCUT2D eigenvalue weighted by atomic mass is 35.5. The second kappa shape index (κ2) is 4.34. The number of halogens is 1. The van der Waals surface area contributed by atoms with Crippen molar-refractivity contribution in [2.24, 2.45) is 4.99 Å². The maximum atomic E-state index is 10.5. The van der Waals surface area contributed by atoms with Gasteiger partial charge in [0.1, 0.15) is 0 Å². The van der Waals surface area contributed by atoms with Crippen LogP contribution in [0.5, 0.6) is 0 Å². The van der Waals surface area contributed by atoms with E-state index < -0.39 is 0 Å². The summed E-state index contributed by atoms with van der Waals surface area (Å²) in [5, 5.41) is 12.5. The van der Waals surface area contributed by atoms with Crippen molar-refractivity contribution in [3.63, 3.8) is 0 Å². The predicted octanol–water partition coefficient (Wildman–Crippen LogP) is 3.82. The molecule has 4 heteroatoms. The Balaban J connectivity index is 2.01. The Labute approximate surface area is 112 Å². The first-order valence-electron chi connectivity index (χ1n) is 6.43. The number of hydroxylamine groups is 2. The van der Waals surface area contributed by atoms with Crippen molar-refractivity contribution in [3.8, 4) is 0 Å². The van der Waals surface area contributed by atoms with Gasteiger partial charge in [0, 0.05) is 16.3 Å². The second-order valence-electron chi connectivity index (χ2n) is 5.30. The maximum absolute atomic E-state index is 10.5. The van der Waals surface area contributed by atoms with Crippen LogP contribution in [0.2, 0.25) is 5.02 Å². The molecule has 1 fully saturated rings. The van der Waals surface area contributed by atoms with Crippen LogP contribution >= 0.6 is 11.6 Å². The van der Waals surface area contributed by atoms with Crippen molar-refractivity contribution in [1.29, 1.82) is 0 Å². The third-order valence-corrected chi connectivity index (χ3v) is 4.49. The standard InChI is InChI=1S/C14H17ClN2O/c1-14-9-5-4-8-12(14)16-13(17(14)18)10-6-2-3-7-11(10)15/h2-3,6-7,13,18H,4-5,8-9H2,1H3/t13-,14-/m0/s1. The SMILES string of the molecule is C[C@]12CCCCC1=N[C@H](c1ccccc1Cl)N2O. The van der Waals surface area contributed by atoms with E-state index >= 15 is 0 Å². The third kappa shape index (κ3) is 1.69. The molecular formula is C14H17ClN2O. The molecule has 1 heterocycles. The van der Waals surface area contributed by atoms with Crippen molar-refractivity contribution < 1.29 is 5.21 Å². The van der Waals surface area contributed by atoms with Crippen LogP contribution in [-0.4, -0.2) is 21.5 Å². The molecule has 0 spiro atoms. The van der Waals surface area contributed by atoms with Crippen molar-refractivity contribution >= 4 is 17.3 Å². The Bertz CT molecular complexity index is 502. The Morgan fingerprint density at radius 1 is 1.39 bits per heavy atom. The summed E-state index contributed by atoms with van der Waals surface area (Å²) in [4.78, 5) is 4.70. The summed E-state index contributed by atoms with van der Waals surface area (Å²) in [6.07, 6.45) is 3.90. The van der Waals surface area contributed by atoms with Crippen LogP contribution in [0.4, 0.5) is 0 Å². The van der Waals surface area contributed by atoms with E-state index in [9.17, 15) is 5.21 Å². The molecular weight excluding hydrogens is 248 g/mol. The fourth-order valence-electron chi connectivity index (χ4n) is 2.98. The molecule has 18 heavy (non-hydrogen) atoms. The van der Waals surface area contributed by atoms with Gasteiger partial charge in [0.2, 0.25) is 0 Å². The van der Waals surface area contributed by atoms with Crippen LogP contribution in [0.25, 0.3) is 0 Å². The van der Waals surface area contributed by atoms with Gasteiger partial charge in [-0.05, 0) is 32.3 Å². The van der Waals surface area contributed by atoms with Crippen molar-refractivity contribution in [1.82, 2.24) is 5.06 Å². The second-order valence-corrected chi connectivity index (χ2v) is 5.70. The zero-order valence-electron chi connectivity index (χ0n) is 10.4. The molecule has 1 aliphatic carbocycles. The lowest BCUT2D eigenvalue weighted by Gasteiger charge is -2.36. The van der Waals surface area contributed by atoms with E-state index in [2.05, 4.69) is 6.92 Å². The minimum absolute atomic E-state index is 0.303. The van der Waals surface area contributed by atoms with Gasteiger partial charge in [0.05, 0.1) is 5.54 Å². The minimum atomic E-state index is -0.350. The van der Waals surface area contributed by atoms with E-state index in [1.165, 1.54) is 5.06 Å². The molecule has 1 aromatic carbocycles. The number of fused-ring (bicyclic) bond motifs is 1. The van der Waals surface area contributed by atoms with E-state index in [0.29, 0.717) is 5.02 Å². The fraction of sp³-hybridized carbons (Fsp3) is 0.500. The number of hydrogen-bond acceptors (Lipinski definition) is 3. The van der Waals surface area contributed by atoms with Crippen LogP contribution in [0.15, 0.2) is 29.3 Å². The van der Waals surface area contributed by atoms with Gasteiger partial charge in [0.25, 0.3) is 0 Å². The maximum Gasteiger partial charge on any atom is 0.152 e. The van der Waals surface area contributed by atoms with Crippen LogP contribution in [0, 0.1) is 0 Å². The van der Waals surface area contributed by atoms with Crippen LogP contribution in [0.3, 0.4) is 0 Å². The highest BCUT2D eigenvalue weighted by Gasteiger charge is 2.47. The molecule has 1 aromatic rings. The molecule has 0 unspecified atom stereocenters. The monoisotopic (exact) mass is 264 g/mol. The molecule has 0 aromatic heterocycles. The number of aliphatic imine (C=N–C) groups is 1. The van der Waals surface area contributed by atoms with Gasteiger partial charge in [-0.25, -0.2) is 0 Å². The molecule has 0 bridgehead atoms. The molecule has 96 valence electrons. The van der Waals surface area contributed by atoms with Gasteiger partial charge in [-0.1, -0.05) is 36.2 Å². The molecule has 2 atom stereocenters. The normalized spacial score (nSPS) is 32.2. The highest BCUT2D eigenvalue weighted by Crippen LogP contribution is 2.43. The first kappa shape index (κ1) is 12.2. The number of rotatable bonds is 1. The van der Waals surface area contributed by atoms with E-state index in [4.69, 9.17) is 16.6 Å². The number of nitrogens with zero attached hydrogens (tertiary/aromatic N) is 2. The quantitative estimate of drug-likeness (QED) is 0.837. The summed E-state index contributed by atoms with van der Waals surface area (Å²) in [7, 11) is 0. The average molecular weight is 265 g/mol. The first-order chi connectivity index (χ1) is 8.63. The van der Waals surface area contributed by atoms with Gasteiger partial charge >= 0.3 is 0 Å². The number of hydrogen-bond donors (Lipinski definition) is 1. The highest BCUT2D eigenvalue weighted by molar-refractivity contribution is 6.31. The summed E-state index contributed by atoms with van der Waals surface area (Å²) in [5.41, 5.74) is 1.69. The van der Waals surface area contributed by atoms with Crippen LogP contribution in [-0.2, 0) is 0 Å². The molecule has 3 nitrogen and oxygen atoms in total. The molecule has 2 aliphatic rings. The van der Waals surface area contributed by atoms with Gasteiger partial charge in [0.15, 0.2) is 6.17 Å². The summed E-state index contributed by atoms with van der Waals surface area (Å²) >= 11 is 6.21. The summed E-state index contributed by atoms with van der Waals surface area (Å²) < 4.78 is 0. The Morgan fingerprint density at radius 3 is 2.89 bits per heavy atom. The van der Waals surface area contributed by atoms with Crippen LogP contribution < -0.4 is 0 Å². The zero-order valence-corrected chi connectivity index (χ0v) is 11.2. The lowest BCUT2D eigenvalue weighted by Crippen LogP contribution is -2.48.